The molecule has 0 radical (unpaired) electrons. The summed E-state index contributed by atoms with van der Waals surface area (Å²) in [7, 11) is 0. The Morgan fingerprint density at radius 1 is 1.39 bits per heavy atom. The van der Waals surface area contributed by atoms with E-state index in [2.05, 4.69) is 4.98 Å². The number of rotatable bonds is 0. The normalized spacial score (nSPS) is 14.6. The van der Waals surface area contributed by atoms with Crippen LogP contribution in [0.2, 0.25) is 0 Å². The number of nitrogens with zero attached hydrogens (tertiary/aromatic N) is 3. The van der Waals surface area contributed by atoms with E-state index in [1.807, 2.05) is 12.1 Å². The zero-order valence-corrected chi connectivity index (χ0v) is 10.1. The highest BCUT2D eigenvalue weighted by Gasteiger charge is 2.22. The monoisotopic (exact) mass is 243 g/mol. The smallest absolute Gasteiger partial charge is 0.263 e. The molecule has 2 aromatic heterocycles. The van der Waals surface area contributed by atoms with Crippen molar-refractivity contribution in [2.75, 3.05) is 6.54 Å². The first-order chi connectivity index (χ1) is 8.66. The Bertz CT molecular complexity index is 690. The second kappa shape index (κ2) is 3.94. The average Bonchev–Trinajstić information content (AvgIpc) is 2.38. The third kappa shape index (κ3) is 1.59. The van der Waals surface area contributed by atoms with Crippen molar-refractivity contribution in [2.45, 2.75) is 19.9 Å². The molecule has 0 saturated carbocycles. The molecule has 0 atom stereocenters. The van der Waals surface area contributed by atoms with E-state index in [0.29, 0.717) is 30.7 Å². The number of carbonyl (C=O) groups excluding carboxylic acids is 1. The van der Waals surface area contributed by atoms with Gasteiger partial charge in [0.05, 0.1) is 17.8 Å². The van der Waals surface area contributed by atoms with Crippen molar-refractivity contribution in [1.82, 2.24) is 14.3 Å². The molecule has 3 rings (SSSR count). The van der Waals surface area contributed by atoms with Gasteiger partial charge < -0.3 is 4.90 Å². The first kappa shape index (κ1) is 11.0. The van der Waals surface area contributed by atoms with E-state index >= 15 is 0 Å². The second-order valence-electron chi connectivity index (χ2n) is 4.46. The standard InChI is InChI=1S/C13H13N3O2/c1-9(17)15-7-5-11-10(8-15)13(18)16-6-3-2-4-12(16)14-11/h2-4,6H,5,7-8H2,1H3. The third-order valence-corrected chi connectivity index (χ3v) is 3.33. The zero-order valence-electron chi connectivity index (χ0n) is 10.1. The molecule has 0 N–H and O–H groups in total. The fourth-order valence-corrected chi connectivity index (χ4v) is 2.32. The van der Waals surface area contributed by atoms with E-state index in [0.717, 1.165) is 5.69 Å². The summed E-state index contributed by atoms with van der Waals surface area (Å²) in [4.78, 5) is 29.9. The number of amides is 1. The van der Waals surface area contributed by atoms with E-state index < -0.39 is 0 Å². The molecule has 0 saturated heterocycles. The van der Waals surface area contributed by atoms with Crippen molar-refractivity contribution in [1.29, 1.82) is 0 Å². The number of hydrogen-bond donors (Lipinski definition) is 0. The lowest BCUT2D eigenvalue weighted by molar-refractivity contribution is -0.129. The Balaban J connectivity index is 2.20. The Morgan fingerprint density at radius 3 is 3.00 bits per heavy atom. The minimum atomic E-state index is -0.0680. The second-order valence-corrected chi connectivity index (χ2v) is 4.46. The molecule has 2 aromatic rings. The largest absolute Gasteiger partial charge is 0.338 e. The summed E-state index contributed by atoms with van der Waals surface area (Å²) in [6.45, 7) is 2.53. The van der Waals surface area contributed by atoms with Crippen LogP contribution in [0.15, 0.2) is 29.2 Å². The van der Waals surface area contributed by atoms with Gasteiger partial charge in [-0.05, 0) is 12.1 Å². The Labute approximate surface area is 104 Å². The summed E-state index contributed by atoms with van der Waals surface area (Å²) in [6, 6.07) is 5.48. The molecule has 0 spiro atoms. The molecular weight excluding hydrogens is 230 g/mol. The highest BCUT2D eigenvalue weighted by atomic mass is 16.2. The summed E-state index contributed by atoms with van der Waals surface area (Å²) in [5.41, 5.74) is 2.06. The zero-order chi connectivity index (χ0) is 12.7. The Kier molecular flexibility index (Phi) is 2.40. The molecule has 1 aliphatic rings. The molecule has 0 aromatic carbocycles. The van der Waals surface area contributed by atoms with Crippen LogP contribution in [0.5, 0.6) is 0 Å². The molecule has 5 nitrogen and oxygen atoms in total. The van der Waals surface area contributed by atoms with E-state index in [-0.39, 0.29) is 11.5 Å². The van der Waals surface area contributed by atoms with Gasteiger partial charge in [0.1, 0.15) is 5.65 Å². The molecule has 92 valence electrons. The van der Waals surface area contributed by atoms with Crippen LogP contribution in [0.1, 0.15) is 18.2 Å². The molecule has 0 aliphatic carbocycles. The minimum absolute atomic E-state index is 0.00166. The SMILES string of the molecule is CC(=O)N1CCc2nc3ccccn3c(=O)c2C1. The average molecular weight is 243 g/mol. The molecule has 0 unspecified atom stereocenters. The van der Waals surface area contributed by atoms with Gasteiger partial charge in [0.15, 0.2) is 0 Å². The van der Waals surface area contributed by atoms with Gasteiger partial charge in [-0.25, -0.2) is 4.98 Å². The highest BCUT2D eigenvalue weighted by molar-refractivity contribution is 5.73. The van der Waals surface area contributed by atoms with E-state index in [9.17, 15) is 9.59 Å². The van der Waals surface area contributed by atoms with E-state index in [1.54, 1.807) is 17.2 Å². The topological polar surface area (TPSA) is 54.7 Å². The molecule has 1 aliphatic heterocycles. The van der Waals surface area contributed by atoms with Crippen molar-refractivity contribution in [2.24, 2.45) is 0 Å². The molecule has 1 amide bonds. The lowest BCUT2D eigenvalue weighted by Crippen LogP contribution is -2.39. The number of hydrogen-bond acceptors (Lipinski definition) is 3. The van der Waals surface area contributed by atoms with Gasteiger partial charge in [-0.3, -0.25) is 14.0 Å². The van der Waals surface area contributed by atoms with Gasteiger partial charge in [-0.15, -0.1) is 0 Å². The predicted octanol–water partition coefficient (Wildman–Crippen LogP) is 0.599. The first-order valence-electron chi connectivity index (χ1n) is 5.91. The van der Waals surface area contributed by atoms with Crippen LogP contribution in [0.25, 0.3) is 5.65 Å². The van der Waals surface area contributed by atoms with E-state index in [4.69, 9.17) is 0 Å². The number of aromatic nitrogens is 2. The lowest BCUT2D eigenvalue weighted by atomic mass is 10.1. The summed E-state index contributed by atoms with van der Waals surface area (Å²) in [5, 5.41) is 0. The van der Waals surface area contributed by atoms with Crippen molar-refractivity contribution in [3.8, 4) is 0 Å². The minimum Gasteiger partial charge on any atom is -0.338 e. The quantitative estimate of drug-likeness (QED) is 0.681. The Morgan fingerprint density at radius 2 is 2.22 bits per heavy atom. The number of pyridine rings is 1. The molecule has 0 fully saturated rings. The predicted molar refractivity (Wildman–Crippen MR) is 66.3 cm³/mol. The summed E-state index contributed by atoms with van der Waals surface area (Å²) in [6.07, 6.45) is 2.35. The van der Waals surface area contributed by atoms with Crippen molar-refractivity contribution >= 4 is 11.6 Å². The maximum atomic E-state index is 12.3. The maximum absolute atomic E-state index is 12.3. The van der Waals surface area contributed by atoms with Crippen LogP contribution >= 0.6 is 0 Å². The van der Waals surface area contributed by atoms with Crippen LogP contribution in [0, 0.1) is 0 Å². The first-order valence-corrected chi connectivity index (χ1v) is 5.91. The van der Waals surface area contributed by atoms with Crippen LogP contribution in [-0.2, 0) is 17.8 Å². The molecule has 3 heterocycles. The van der Waals surface area contributed by atoms with Crippen molar-refractivity contribution < 1.29 is 4.79 Å². The van der Waals surface area contributed by atoms with Crippen LogP contribution in [0.3, 0.4) is 0 Å². The molecule has 0 bridgehead atoms. The molecule has 18 heavy (non-hydrogen) atoms. The van der Waals surface area contributed by atoms with Gasteiger partial charge in [-0.1, -0.05) is 6.07 Å². The molecule has 5 heteroatoms. The number of carbonyl (C=O) groups is 1. The van der Waals surface area contributed by atoms with Gasteiger partial charge in [0.25, 0.3) is 5.56 Å². The summed E-state index contributed by atoms with van der Waals surface area (Å²) in [5.74, 6) is -0.00166. The van der Waals surface area contributed by atoms with Crippen molar-refractivity contribution in [3.63, 3.8) is 0 Å². The number of fused-ring (bicyclic) bond motifs is 2. The summed E-state index contributed by atoms with van der Waals surface area (Å²) >= 11 is 0. The van der Waals surface area contributed by atoms with Gasteiger partial charge >= 0.3 is 0 Å². The van der Waals surface area contributed by atoms with Gasteiger partial charge in [0.2, 0.25) is 5.91 Å². The fourth-order valence-electron chi connectivity index (χ4n) is 2.32. The van der Waals surface area contributed by atoms with Gasteiger partial charge in [0, 0.05) is 26.1 Å². The maximum Gasteiger partial charge on any atom is 0.263 e. The van der Waals surface area contributed by atoms with Crippen molar-refractivity contribution in [3.05, 3.63) is 46.0 Å². The fraction of sp³-hybridized carbons (Fsp3) is 0.308. The van der Waals surface area contributed by atoms with Crippen LogP contribution < -0.4 is 5.56 Å². The highest BCUT2D eigenvalue weighted by Crippen LogP contribution is 2.14. The van der Waals surface area contributed by atoms with E-state index in [1.165, 1.54) is 11.3 Å². The summed E-state index contributed by atoms with van der Waals surface area (Å²) < 4.78 is 1.53. The van der Waals surface area contributed by atoms with Gasteiger partial charge in [-0.2, -0.15) is 0 Å². The molecular formula is C13H13N3O2. The third-order valence-electron chi connectivity index (χ3n) is 3.33. The van der Waals surface area contributed by atoms with Crippen LogP contribution in [0.4, 0.5) is 0 Å². The lowest BCUT2D eigenvalue weighted by Gasteiger charge is -2.26. The van der Waals surface area contributed by atoms with Crippen LogP contribution in [-0.4, -0.2) is 26.7 Å². The Hall–Kier alpha value is -2.17.